The summed E-state index contributed by atoms with van der Waals surface area (Å²) in [6.07, 6.45) is 3.38. The lowest BCUT2D eigenvalue weighted by molar-refractivity contribution is 0.0967. The molecule has 2 heterocycles. The van der Waals surface area contributed by atoms with E-state index in [1.54, 1.807) is 23.0 Å². The molecule has 0 aliphatic carbocycles. The maximum absolute atomic E-state index is 12.1. The molecule has 0 bridgehead atoms. The van der Waals surface area contributed by atoms with Crippen LogP contribution in [0.15, 0.2) is 60.8 Å². The van der Waals surface area contributed by atoms with Crippen LogP contribution in [-0.2, 0) is 12.1 Å². The number of hydrogen-bond acceptors (Lipinski definition) is 6. The number of phenolic OH excluding ortho intramolecular Hbond substituents is 1. The van der Waals surface area contributed by atoms with Gasteiger partial charge in [-0.3, -0.25) is 14.4 Å². The molecule has 164 valence electrons. The molecule has 8 heteroatoms. The number of hydrogen-bond donors (Lipinski definition) is 3. The van der Waals surface area contributed by atoms with Gasteiger partial charge in [0.1, 0.15) is 11.3 Å². The Balaban J connectivity index is 1.55. The topological polar surface area (TPSA) is 120 Å². The molecule has 3 aromatic rings. The van der Waals surface area contributed by atoms with Crippen molar-refractivity contribution in [1.29, 1.82) is 5.26 Å². The molecule has 4 rings (SSSR count). The molecule has 0 atom stereocenters. The molecule has 0 spiro atoms. The molecule has 1 aliphatic heterocycles. The predicted octanol–water partition coefficient (Wildman–Crippen LogP) is 3.34. The Hall–Kier alpha value is -3.83. The van der Waals surface area contributed by atoms with Crippen molar-refractivity contribution in [2.75, 3.05) is 18.4 Å². The first-order valence-electron chi connectivity index (χ1n) is 10.6. The van der Waals surface area contributed by atoms with Gasteiger partial charge in [-0.1, -0.05) is 30.3 Å². The van der Waals surface area contributed by atoms with E-state index >= 15 is 0 Å². The summed E-state index contributed by atoms with van der Waals surface area (Å²) in [6.45, 7) is 2.26. The van der Waals surface area contributed by atoms with Gasteiger partial charge in [0.15, 0.2) is 5.82 Å². The highest BCUT2D eigenvalue weighted by molar-refractivity contribution is 5.98. The van der Waals surface area contributed by atoms with Crippen LogP contribution in [0.2, 0.25) is 0 Å². The number of nitriles is 1. The number of carbonyl (C=O) groups is 1. The monoisotopic (exact) mass is 430 g/mol. The third-order valence-corrected chi connectivity index (χ3v) is 6.01. The number of nitrogens with one attached hydrogen (secondary N) is 1. The fraction of sp³-hybridized carbons (Fsp3) is 0.292. The van der Waals surface area contributed by atoms with Crippen molar-refractivity contribution in [3.8, 4) is 11.8 Å². The number of para-hydroxylation sites is 1. The lowest BCUT2D eigenvalue weighted by atomic mass is 9.84. The first-order valence-corrected chi connectivity index (χ1v) is 10.6. The van der Waals surface area contributed by atoms with Crippen molar-refractivity contribution in [2.24, 2.45) is 5.73 Å². The number of piperidine rings is 1. The largest absolute Gasteiger partial charge is 0.508 e. The second-order valence-corrected chi connectivity index (χ2v) is 8.20. The highest BCUT2D eigenvalue weighted by Crippen LogP contribution is 2.35. The molecule has 1 aromatic heterocycles. The number of anilines is 2. The summed E-state index contributed by atoms with van der Waals surface area (Å²) in [6, 6.07) is 19.0. The van der Waals surface area contributed by atoms with Crippen molar-refractivity contribution in [3.63, 3.8) is 0 Å². The number of likely N-dealkylation sites (tertiary alicyclic amines) is 1. The fourth-order valence-electron chi connectivity index (χ4n) is 4.22. The first-order chi connectivity index (χ1) is 15.5. The average Bonchev–Trinajstić information content (AvgIpc) is 3.21. The van der Waals surface area contributed by atoms with Crippen molar-refractivity contribution < 1.29 is 9.90 Å². The zero-order chi connectivity index (χ0) is 22.6. The van der Waals surface area contributed by atoms with Gasteiger partial charge in [0, 0.05) is 31.5 Å². The van der Waals surface area contributed by atoms with Crippen LogP contribution in [0.1, 0.15) is 35.2 Å². The molecule has 1 aliphatic rings. The van der Waals surface area contributed by atoms with Crippen molar-refractivity contribution in [1.82, 2.24) is 14.7 Å². The first kappa shape index (κ1) is 21.4. The van der Waals surface area contributed by atoms with Gasteiger partial charge in [0.05, 0.1) is 18.0 Å². The standard InChI is InChI=1S/C24H26N6O2/c25-12-9-24(10-13-29(14-11-24)16-18-5-4-8-20(31)15-18)30-17-21(22(26)32)23(28-30)27-19-6-2-1-3-7-19/h1-8,15,17,31H,9-11,13-14,16H2,(H2,26,32)(H,27,28). The van der Waals surface area contributed by atoms with Gasteiger partial charge < -0.3 is 16.2 Å². The van der Waals surface area contributed by atoms with E-state index in [9.17, 15) is 15.2 Å². The number of aromatic hydroxyl groups is 1. The van der Waals surface area contributed by atoms with E-state index in [1.807, 2.05) is 42.5 Å². The van der Waals surface area contributed by atoms with Crippen LogP contribution in [0.25, 0.3) is 0 Å². The summed E-state index contributed by atoms with van der Waals surface area (Å²) < 4.78 is 1.76. The van der Waals surface area contributed by atoms with E-state index in [4.69, 9.17) is 5.73 Å². The summed E-state index contributed by atoms with van der Waals surface area (Å²) >= 11 is 0. The van der Waals surface area contributed by atoms with Crippen LogP contribution >= 0.6 is 0 Å². The molecule has 1 amide bonds. The Morgan fingerprint density at radius 3 is 2.59 bits per heavy atom. The maximum atomic E-state index is 12.1. The molecule has 8 nitrogen and oxygen atoms in total. The van der Waals surface area contributed by atoms with Gasteiger partial charge in [0.25, 0.3) is 5.91 Å². The summed E-state index contributed by atoms with van der Waals surface area (Å²) in [5, 5.41) is 27.1. The van der Waals surface area contributed by atoms with E-state index in [1.165, 1.54) is 0 Å². The normalized spacial score (nSPS) is 15.7. The summed E-state index contributed by atoms with van der Waals surface area (Å²) in [5.74, 6) is 0.0821. The molecule has 2 aromatic carbocycles. The molecular weight excluding hydrogens is 404 g/mol. The Labute approximate surface area is 186 Å². The van der Waals surface area contributed by atoms with E-state index in [-0.39, 0.29) is 12.2 Å². The van der Waals surface area contributed by atoms with Gasteiger partial charge >= 0.3 is 0 Å². The van der Waals surface area contributed by atoms with Gasteiger partial charge in [-0.05, 0) is 42.7 Å². The fourth-order valence-corrected chi connectivity index (χ4v) is 4.22. The van der Waals surface area contributed by atoms with Crippen molar-refractivity contribution in [2.45, 2.75) is 31.3 Å². The quantitative estimate of drug-likeness (QED) is 0.529. The van der Waals surface area contributed by atoms with Crippen LogP contribution < -0.4 is 11.1 Å². The molecule has 1 fully saturated rings. The number of aromatic nitrogens is 2. The summed E-state index contributed by atoms with van der Waals surface area (Å²) in [5.41, 5.74) is 7.26. The summed E-state index contributed by atoms with van der Waals surface area (Å²) in [4.78, 5) is 14.4. The minimum atomic E-state index is -0.567. The Kier molecular flexibility index (Phi) is 6.10. The van der Waals surface area contributed by atoms with Crippen molar-refractivity contribution >= 4 is 17.4 Å². The highest BCUT2D eigenvalue weighted by atomic mass is 16.3. The van der Waals surface area contributed by atoms with Crippen LogP contribution in [0.5, 0.6) is 5.75 Å². The zero-order valence-electron chi connectivity index (χ0n) is 17.7. The number of nitrogens with zero attached hydrogens (tertiary/aromatic N) is 4. The molecule has 1 saturated heterocycles. The minimum Gasteiger partial charge on any atom is -0.508 e. The number of phenols is 1. The molecule has 0 unspecified atom stereocenters. The smallest absolute Gasteiger partial charge is 0.254 e. The predicted molar refractivity (Wildman–Crippen MR) is 121 cm³/mol. The highest BCUT2D eigenvalue weighted by Gasteiger charge is 2.38. The number of amides is 1. The zero-order valence-corrected chi connectivity index (χ0v) is 17.7. The number of nitrogens with two attached hydrogens (primary N) is 1. The van der Waals surface area contributed by atoms with Crippen LogP contribution in [0.4, 0.5) is 11.5 Å². The third kappa shape index (κ3) is 4.58. The van der Waals surface area contributed by atoms with Gasteiger partial charge in [-0.25, -0.2) is 0 Å². The molecule has 32 heavy (non-hydrogen) atoms. The van der Waals surface area contributed by atoms with E-state index in [2.05, 4.69) is 21.4 Å². The van der Waals surface area contributed by atoms with Gasteiger partial charge in [-0.2, -0.15) is 10.4 Å². The minimum absolute atomic E-state index is 0.257. The van der Waals surface area contributed by atoms with Crippen LogP contribution in [-0.4, -0.2) is 38.8 Å². The van der Waals surface area contributed by atoms with Crippen molar-refractivity contribution in [3.05, 3.63) is 71.9 Å². The second kappa shape index (κ2) is 9.12. The van der Waals surface area contributed by atoms with E-state index < -0.39 is 11.4 Å². The maximum Gasteiger partial charge on any atom is 0.254 e. The van der Waals surface area contributed by atoms with E-state index in [0.29, 0.717) is 24.2 Å². The van der Waals surface area contributed by atoms with E-state index in [0.717, 1.165) is 30.9 Å². The number of carbonyl (C=O) groups excluding carboxylic acids is 1. The van der Waals surface area contributed by atoms with Crippen LogP contribution in [0, 0.1) is 11.3 Å². The van der Waals surface area contributed by atoms with Gasteiger partial charge in [0.2, 0.25) is 0 Å². The third-order valence-electron chi connectivity index (χ3n) is 6.01. The Morgan fingerprint density at radius 2 is 1.94 bits per heavy atom. The lowest BCUT2D eigenvalue weighted by Crippen LogP contribution is -2.46. The molecule has 4 N–H and O–H groups in total. The second-order valence-electron chi connectivity index (χ2n) is 8.20. The number of rotatable bonds is 7. The SMILES string of the molecule is N#CCC1(n2cc(C(N)=O)c(Nc3ccccc3)n2)CCN(Cc2cccc(O)c2)CC1. The van der Waals surface area contributed by atoms with Crippen LogP contribution in [0.3, 0.4) is 0 Å². The molecule has 0 radical (unpaired) electrons. The Bertz CT molecular complexity index is 1130. The number of primary amides is 1. The summed E-state index contributed by atoms with van der Waals surface area (Å²) in [7, 11) is 0. The number of benzene rings is 2. The molecule has 0 saturated carbocycles. The lowest BCUT2D eigenvalue weighted by Gasteiger charge is -2.40. The Morgan fingerprint density at radius 1 is 1.19 bits per heavy atom. The average molecular weight is 431 g/mol. The molecular formula is C24H26N6O2. The van der Waals surface area contributed by atoms with Gasteiger partial charge in [-0.15, -0.1) is 0 Å².